The van der Waals surface area contributed by atoms with E-state index in [2.05, 4.69) is 15.2 Å². The van der Waals surface area contributed by atoms with E-state index >= 15 is 0 Å². The van der Waals surface area contributed by atoms with Gasteiger partial charge in [0, 0.05) is 41.0 Å². The van der Waals surface area contributed by atoms with E-state index in [1.165, 1.54) is 0 Å². The second-order valence-corrected chi connectivity index (χ2v) is 12.4. The highest BCUT2D eigenvalue weighted by Gasteiger charge is 2.50. The molecule has 2 amide bonds. The third-order valence-electron chi connectivity index (χ3n) is 7.54. The molecular formula is C28H31ClN4O5S. The van der Waals surface area contributed by atoms with Crippen LogP contribution in [-0.2, 0) is 26.3 Å². The van der Waals surface area contributed by atoms with Crippen LogP contribution in [0.3, 0.4) is 0 Å². The second-order valence-electron chi connectivity index (χ2n) is 10.2. The smallest absolute Gasteiger partial charge is 0.254 e. The maximum Gasteiger partial charge on any atom is 0.254 e. The zero-order chi connectivity index (χ0) is 27.6. The van der Waals surface area contributed by atoms with Crippen LogP contribution in [0, 0.1) is 5.92 Å². The van der Waals surface area contributed by atoms with Crippen molar-refractivity contribution in [3.05, 3.63) is 88.7 Å². The lowest BCUT2D eigenvalue weighted by Crippen LogP contribution is -2.63. The molecule has 0 spiro atoms. The molecule has 0 radical (unpaired) electrons. The number of pyridine rings is 1. The summed E-state index contributed by atoms with van der Waals surface area (Å²) in [4.78, 5) is 39.3. The van der Waals surface area contributed by atoms with Gasteiger partial charge >= 0.3 is 0 Å². The minimum Gasteiger partial charge on any atom is -0.329 e. The molecule has 1 aromatic heterocycles. The summed E-state index contributed by atoms with van der Waals surface area (Å²) in [5.74, 6) is -1.76. The number of amides is 2. The zero-order valence-electron chi connectivity index (χ0n) is 21.5. The van der Waals surface area contributed by atoms with Gasteiger partial charge in [-0.25, -0.2) is 18.6 Å². The molecule has 2 aromatic rings. The quantitative estimate of drug-likeness (QED) is 0.470. The molecule has 2 N–H and O–H groups in total. The van der Waals surface area contributed by atoms with Crippen LogP contribution in [0.5, 0.6) is 0 Å². The van der Waals surface area contributed by atoms with Gasteiger partial charge in [-0.15, -0.1) is 0 Å². The summed E-state index contributed by atoms with van der Waals surface area (Å²) in [5.41, 5.74) is 4.47. The van der Waals surface area contributed by atoms with Crippen molar-refractivity contribution in [1.82, 2.24) is 20.1 Å². The molecule has 1 aromatic carbocycles. The first kappa shape index (κ1) is 27.5. The normalized spacial score (nSPS) is 26.7. The van der Waals surface area contributed by atoms with E-state index in [-0.39, 0.29) is 18.4 Å². The lowest BCUT2D eigenvalue weighted by molar-refractivity contribution is -0.138. The monoisotopic (exact) mass is 570 g/mol. The number of benzene rings is 1. The highest BCUT2D eigenvalue weighted by Crippen LogP contribution is 2.43. The molecule has 3 aliphatic rings. The maximum absolute atomic E-state index is 14.1. The van der Waals surface area contributed by atoms with Crippen LogP contribution in [0.25, 0.3) is 0 Å². The van der Waals surface area contributed by atoms with E-state index in [4.69, 9.17) is 16.4 Å². The number of sulfonamides is 1. The Morgan fingerprint density at radius 3 is 2.62 bits per heavy atom. The van der Waals surface area contributed by atoms with Crippen LogP contribution >= 0.6 is 11.6 Å². The van der Waals surface area contributed by atoms with Gasteiger partial charge < -0.3 is 4.90 Å². The van der Waals surface area contributed by atoms with Crippen LogP contribution in [0.1, 0.15) is 53.1 Å². The molecule has 5 atom stereocenters. The molecule has 5 rings (SSSR count). The Bertz CT molecular complexity index is 1400. The topological polar surface area (TPSA) is 118 Å². The average molecular weight is 571 g/mol. The minimum absolute atomic E-state index is 0.147. The van der Waals surface area contributed by atoms with Crippen molar-refractivity contribution in [1.29, 1.82) is 0 Å². The number of carbonyl (C=O) groups excluding carboxylic acids is 2. The third-order valence-corrected chi connectivity index (χ3v) is 8.53. The first-order valence-electron chi connectivity index (χ1n) is 13.0. The van der Waals surface area contributed by atoms with Gasteiger partial charge in [0.2, 0.25) is 10.0 Å². The molecular weight excluding hydrogens is 540 g/mol. The summed E-state index contributed by atoms with van der Waals surface area (Å²) >= 11 is 6.34. The molecule has 1 saturated carbocycles. The van der Waals surface area contributed by atoms with E-state index in [0.29, 0.717) is 29.0 Å². The Morgan fingerprint density at radius 2 is 1.90 bits per heavy atom. The fourth-order valence-corrected chi connectivity index (χ4v) is 7.00. The first-order valence-corrected chi connectivity index (χ1v) is 15.2. The highest BCUT2D eigenvalue weighted by molar-refractivity contribution is 7.88. The largest absolute Gasteiger partial charge is 0.329 e. The number of hydrogen-bond acceptors (Lipinski definition) is 6. The lowest BCUT2D eigenvalue weighted by Gasteiger charge is -2.50. The summed E-state index contributed by atoms with van der Waals surface area (Å²) in [7, 11) is -3.53. The molecule has 1 fully saturated rings. The molecule has 206 valence electrons. The molecule has 0 saturated heterocycles. The van der Waals surface area contributed by atoms with Crippen molar-refractivity contribution >= 4 is 33.4 Å². The van der Waals surface area contributed by atoms with Gasteiger partial charge in [0.15, 0.2) is 0 Å². The fourth-order valence-electron chi connectivity index (χ4n) is 5.96. The van der Waals surface area contributed by atoms with Crippen LogP contribution in [0.15, 0.2) is 72.1 Å². The molecule has 11 heteroatoms. The van der Waals surface area contributed by atoms with Crippen LogP contribution in [0.2, 0.25) is 0 Å². The van der Waals surface area contributed by atoms with Crippen molar-refractivity contribution in [3.63, 3.8) is 0 Å². The van der Waals surface area contributed by atoms with Crippen molar-refractivity contribution < 1.29 is 22.8 Å². The summed E-state index contributed by atoms with van der Waals surface area (Å²) in [6, 6.07) is 9.11. The molecule has 0 bridgehead atoms. The lowest BCUT2D eigenvalue weighted by atomic mass is 9.74. The summed E-state index contributed by atoms with van der Waals surface area (Å²) < 4.78 is 27.3. The van der Waals surface area contributed by atoms with Crippen molar-refractivity contribution in [2.24, 2.45) is 5.92 Å². The van der Waals surface area contributed by atoms with Crippen LogP contribution in [0.4, 0.5) is 0 Å². The summed E-state index contributed by atoms with van der Waals surface area (Å²) in [6.07, 6.45) is 12.8. The SMILES string of the molecule is CS(=O)(=O)N[C@H]1CCCC[C@@H]1N1C(=O)c2ccccc2[C@@H](C(=O)NOCc2ccncc2)C1C1C=CC(Cl)=C1. The van der Waals surface area contributed by atoms with Gasteiger partial charge in [-0.1, -0.05) is 54.8 Å². The highest BCUT2D eigenvalue weighted by atomic mass is 35.5. The predicted octanol–water partition coefficient (Wildman–Crippen LogP) is 3.41. The molecule has 9 nitrogen and oxygen atoms in total. The molecule has 2 heterocycles. The zero-order valence-corrected chi connectivity index (χ0v) is 23.1. The van der Waals surface area contributed by atoms with Gasteiger partial charge in [-0.2, -0.15) is 0 Å². The Hall–Kier alpha value is -3.05. The number of hydroxylamine groups is 1. The summed E-state index contributed by atoms with van der Waals surface area (Å²) in [5, 5.41) is 0.522. The second kappa shape index (κ2) is 11.6. The fraction of sp³-hybridized carbons (Fsp3) is 0.393. The van der Waals surface area contributed by atoms with Gasteiger partial charge in [-0.3, -0.25) is 19.4 Å². The molecule has 2 aliphatic carbocycles. The van der Waals surface area contributed by atoms with E-state index in [0.717, 1.165) is 24.7 Å². The number of hydrogen-bond donors (Lipinski definition) is 2. The van der Waals surface area contributed by atoms with Crippen LogP contribution in [-0.4, -0.2) is 54.5 Å². The first-order chi connectivity index (χ1) is 18.7. The van der Waals surface area contributed by atoms with Gasteiger partial charge in [0.25, 0.3) is 11.8 Å². The van der Waals surface area contributed by atoms with E-state index in [9.17, 15) is 18.0 Å². The standard InChI is InChI=1S/C28H31ClN4O5S/c1-39(36,37)32-23-8-4-5-9-24(23)33-26(19-10-11-20(29)16-19)25(21-6-2-3-7-22(21)28(33)35)27(34)31-38-17-18-12-14-30-15-13-18/h2-3,6-7,10-16,19,23-26,32H,4-5,8-9,17H2,1H3,(H,31,34)/t19?,23-,24-,25+,26?/m0/s1. The number of aromatic nitrogens is 1. The van der Waals surface area contributed by atoms with Crippen molar-refractivity contribution in [2.45, 2.75) is 56.3 Å². The van der Waals surface area contributed by atoms with Gasteiger partial charge in [0.05, 0.1) is 24.8 Å². The van der Waals surface area contributed by atoms with E-state index < -0.39 is 40.0 Å². The Balaban J connectivity index is 1.54. The van der Waals surface area contributed by atoms with Gasteiger partial charge in [0.1, 0.15) is 0 Å². The number of rotatable bonds is 8. The number of nitrogens with one attached hydrogen (secondary N) is 2. The average Bonchev–Trinajstić information content (AvgIpc) is 3.34. The Morgan fingerprint density at radius 1 is 1.15 bits per heavy atom. The van der Waals surface area contributed by atoms with Gasteiger partial charge in [-0.05, 0) is 48.2 Å². The Kier molecular flexibility index (Phi) is 8.18. The third kappa shape index (κ3) is 6.09. The number of nitrogens with zero attached hydrogens (tertiary/aromatic N) is 2. The maximum atomic E-state index is 14.1. The number of halogens is 1. The molecule has 1 aliphatic heterocycles. The van der Waals surface area contributed by atoms with E-state index in [1.807, 2.05) is 12.2 Å². The number of allylic oxidation sites excluding steroid dienone is 2. The van der Waals surface area contributed by atoms with Crippen molar-refractivity contribution in [2.75, 3.05) is 6.26 Å². The Labute approximate surface area is 233 Å². The predicted molar refractivity (Wildman–Crippen MR) is 147 cm³/mol. The number of fused-ring (bicyclic) bond motifs is 1. The summed E-state index contributed by atoms with van der Waals surface area (Å²) in [6.45, 7) is 0.147. The molecule has 39 heavy (non-hydrogen) atoms. The van der Waals surface area contributed by atoms with E-state index in [1.54, 1.807) is 59.8 Å². The number of carbonyl (C=O) groups is 2. The van der Waals surface area contributed by atoms with Crippen LogP contribution < -0.4 is 10.2 Å². The molecule has 2 unspecified atom stereocenters. The minimum atomic E-state index is -3.53. The van der Waals surface area contributed by atoms with Crippen molar-refractivity contribution in [3.8, 4) is 0 Å².